The standard InChI is InChI=1S/C27H26N4O3S2/c1-17-5-4-6-20(13-17)11-12-31(16-22-15-21-9-7-18(2)14-24(21)28-27(22)32)36(33,34)26-19(3)8-10-23-25(26)30-35-29-23/h4-10,13-15H,11-12,16H2,1-3H3,(H,28,32). The zero-order valence-corrected chi connectivity index (χ0v) is 21.9. The van der Waals surface area contributed by atoms with Gasteiger partial charge in [0.05, 0.1) is 11.7 Å². The van der Waals surface area contributed by atoms with Gasteiger partial charge in [-0.25, -0.2) is 8.42 Å². The van der Waals surface area contributed by atoms with Gasteiger partial charge in [0.2, 0.25) is 10.0 Å². The van der Waals surface area contributed by atoms with Crippen LogP contribution >= 0.6 is 11.7 Å². The van der Waals surface area contributed by atoms with Gasteiger partial charge in [-0.3, -0.25) is 4.79 Å². The number of sulfonamides is 1. The summed E-state index contributed by atoms with van der Waals surface area (Å²) in [7, 11) is -4.00. The molecule has 0 saturated heterocycles. The zero-order chi connectivity index (χ0) is 25.4. The van der Waals surface area contributed by atoms with Gasteiger partial charge in [-0.2, -0.15) is 13.1 Å². The molecule has 0 fully saturated rings. The van der Waals surface area contributed by atoms with Crippen LogP contribution in [0.1, 0.15) is 27.8 Å². The maximum absolute atomic E-state index is 14.1. The van der Waals surface area contributed by atoms with E-state index in [9.17, 15) is 13.2 Å². The van der Waals surface area contributed by atoms with Gasteiger partial charge in [-0.1, -0.05) is 48.0 Å². The van der Waals surface area contributed by atoms with Crippen LogP contribution in [0.4, 0.5) is 0 Å². The van der Waals surface area contributed by atoms with Crippen LogP contribution in [0.15, 0.2) is 70.4 Å². The van der Waals surface area contributed by atoms with Gasteiger partial charge in [0.15, 0.2) is 0 Å². The third kappa shape index (κ3) is 4.69. The van der Waals surface area contributed by atoms with Gasteiger partial charge in [0.1, 0.15) is 15.9 Å². The molecule has 0 saturated carbocycles. The topological polar surface area (TPSA) is 96.0 Å². The zero-order valence-electron chi connectivity index (χ0n) is 20.3. The molecule has 0 aliphatic heterocycles. The monoisotopic (exact) mass is 518 g/mol. The molecule has 7 nitrogen and oxygen atoms in total. The van der Waals surface area contributed by atoms with Crippen molar-refractivity contribution in [1.82, 2.24) is 18.0 Å². The van der Waals surface area contributed by atoms with Crippen molar-refractivity contribution in [3.05, 3.63) is 98.8 Å². The van der Waals surface area contributed by atoms with E-state index in [0.717, 1.165) is 39.3 Å². The minimum Gasteiger partial charge on any atom is -0.322 e. The summed E-state index contributed by atoms with van der Waals surface area (Å²) >= 11 is 0.986. The van der Waals surface area contributed by atoms with Crippen LogP contribution < -0.4 is 5.56 Å². The Morgan fingerprint density at radius 1 is 0.944 bits per heavy atom. The van der Waals surface area contributed by atoms with Crippen LogP contribution in [0.25, 0.3) is 21.9 Å². The molecule has 36 heavy (non-hydrogen) atoms. The van der Waals surface area contributed by atoms with E-state index in [1.165, 1.54) is 4.31 Å². The molecule has 0 radical (unpaired) electrons. The molecule has 1 N–H and O–H groups in total. The predicted octanol–water partition coefficient (Wildman–Crippen LogP) is 4.89. The van der Waals surface area contributed by atoms with E-state index in [2.05, 4.69) is 13.7 Å². The molecule has 2 heterocycles. The summed E-state index contributed by atoms with van der Waals surface area (Å²) in [6, 6.07) is 19.1. The third-order valence-electron chi connectivity index (χ3n) is 6.33. The Morgan fingerprint density at radius 2 is 1.75 bits per heavy atom. The summed E-state index contributed by atoms with van der Waals surface area (Å²) in [5, 5.41) is 0.855. The highest BCUT2D eigenvalue weighted by atomic mass is 32.2. The fourth-order valence-corrected chi connectivity index (χ4v) is 6.83. The van der Waals surface area contributed by atoms with Crippen LogP contribution in [0.2, 0.25) is 0 Å². The Balaban J connectivity index is 1.59. The van der Waals surface area contributed by atoms with E-state index >= 15 is 0 Å². The molecule has 9 heteroatoms. The summed E-state index contributed by atoms with van der Waals surface area (Å²) in [6.45, 7) is 5.88. The minimum absolute atomic E-state index is 0.0549. The van der Waals surface area contributed by atoms with Crippen molar-refractivity contribution in [2.24, 2.45) is 0 Å². The normalized spacial score (nSPS) is 12.1. The number of rotatable bonds is 7. The highest BCUT2D eigenvalue weighted by Gasteiger charge is 2.30. The first-order valence-electron chi connectivity index (χ1n) is 11.6. The van der Waals surface area contributed by atoms with E-state index in [4.69, 9.17) is 0 Å². The number of H-pyrrole nitrogens is 1. The number of aryl methyl sites for hydroxylation is 3. The SMILES string of the molecule is Cc1cccc(CCN(Cc2cc3ccc(C)cc3[nH]c2=O)S(=O)(=O)c2c(C)ccc3nsnc23)c1. The average Bonchev–Trinajstić information content (AvgIpc) is 3.30. The van der Waals surface area contributed by atoms with Crippen LogP contribution in [-0.4, -0.2) is 33.0 Å². The lowest BCUT2D eigenvalue weighted by molar-refractivity contribution is 0.408. The van der Waals surface area contributed by atoms with Gasteiger partial charge in [0.25, 0.3) is 5.56 Å². The molecular weight excluding hydrogens is 492 g/mol. The lowest BCUT2D eigenvalue weighted by atomic mass is 10.1. The first kappa shape index (κ1) is 24.3. The van der Waals surface area contributed by atoms with Crippen molar-refractivity contribution in [3.63, 3.8) is 0 Å². The second-order valence-electron chi connectivity index (χ2n) is 9.14. The van der Waals surface area contributed by atoms with Crippen molar-refractivity contribution < 1.29 is 8.42 Å². The van der Waals surface area contributed by atoms with E-state index in [0.29, 0.717) is 28.6 Å². The maximum Gasteiger partial charge on any atom is 0.252 e. The Kier molecular flexibility index (Phi) is 6.46. The molecule has 0 aliphatic carbocycles. The Hall–Kier alpha value is -3.40. The molecule has 0 amide bonds. The number of fused-ring (bicyclic) bond motifs is 2. The summed E-state index contributed by atoms with van der Waals surface area (Å²) in [6.07, 6.45) is 0.510. The number of hydrogen-bond donors (Lipinski definition) is 1. The van der Waals surface area contributed by atoms with Crippen molar-refractivity contribution in [2.75, 3.05) is 6.54 Å². The van der Waals surface area contributed by atoms with Crippen molar-refractivity contribution in [3.8, 4) is 0 Å². The second kappa shape index (κ2) is 9.57. The number of hydrogen-bond acceptors (Lipinski definition) is 6. The molecule has 0 spiro atoms. The summed E-state index contributed by atoms with van der Waals surface area (Å²) in [5.74, 6) is 0. The number of nitrogens with zero attached hydrogens (tertiary/aromatic N) is 3. The van der Waals surface area contributed by atoms with Gasteiger partial charge in [0, 0.05) is 24.2 Å². The average molecular weight is 519 g/mol. The number of aromatic nitrogens is 3. The summed E-state index contributed by atoms with van der Waals surface area (Å²) in [5.41, 5.74) is 5.50. The van der Waals surface area contributed by atoms with Crippen molar-refractivity contribution in [2.45, 2.75) is 38.6 Å². The molecule has 0 aliphatic rings. The molecule has 2 aromatic heterocycles. The third-order valence-corrected chi connectivity index (χ3v) is 8.90. The first-order valence-corrected chi connectivity index (χ1v) is 13.8. The van der Waals surface area contributed by atoms with Gasteiger partial charge >= 0.3 is 0 Å². The molecule has 5 aromatic rings. The van der Waals surface area contributed by atoms with Crippen LogP contribution in [0.5, 0.6) is 0 Å². The van der Waals surface area contributed by atoms with E-state index in [1.807, 2.05) is 56.3 Å². The van der Waals surface area contributed by atoms with Crippen molar-refractivity contribution in [1.29, 1.82) is 0 Å². The summed E-state index contributed by atoms with van der Waals surface area (Å²) in [4.78, 5) is 16.1. The molecule has 0 bridgehead atoms. The van der Waals surface area contributed by atoms with Crippen LogP contribution in [0.3, 0.4) is 0 Å². The smallest absolute Gasteiger partial charge is 0.252 e. The van der Waals surface area contributed by atoms with E-state index < -0.39 is 10.0 Å². The highest BCUT2D eigenvalue weighted by molar-refractivity contribution is 7.89. The molecule has 5 rings (SSSR count). The number of nitrogens with one attached hydrogen (secondary N) is 1. The largest absolute Gasteiger partial charge is 0.322 e. The molecule has 184 valence electrons. The first-order chi connectivity index (χ1) is 17.2. The Bertz CT molecular complexity index is 1760. The van der Waals surface area contributed by atoms with Crippen LogP contribution in [-0.2, 0) is 23.0 Å². The minimum atomic E-state index is -4.00. The Labute approximate surface area is 213 Å². The summed E-state index contributed by atoms with van der Waals surface area (Å²) < 4.78 is 38.2. The number of aromatic amines is 1. The lowest BCUT2D eigenvalue weighted by Gasteiger charge is -2.23. The van der Waals surface area contributed by atoms with Gasteiger partial charge < -0.3 is 4.98 Å². The van der Waals surface area contributed by atoms with Crippen molar-refractivity contribution >= 4 is 43.7 Å². The van der Waals surface area contributed by atoms with E-state index in [1.54, 1.807) is 25.1 Å². The number of pyridine rings is 1. The Morgan fingerprint density at radius 3 is 2.56 bits per heavy atom. The number of benzene rings is 3. The lowest BCUT2D eigenvalue weighted by Crippen LogP contribution is -2.35. The van der Waals surface area contributed by atoms with Gasteiger partial charge in [-0.05, 0) is 67.5 Å². The second-order valence-corrected chi connectivity index (χ2v) is 11.5. The molecular formula is C27H26N4O3S2. The van der Waals surface area contributed by atoms with Crippen LogP contribution in [0, 0.1) is 20.8 Å². The highest BCUT2D eigenvalue weighted by Crippen LogP contribution is 2.29. The predicted molar refractivity (Wildman–Crippen MR) is 144 cm³/mol. The molecule has 3 aromatic carbocycles. The fourth-order valence-electron chi connectivity index (χ4n) is 4.46. The van der Waals surface area contributed by atoms with E-state index in [-0.39, 0.29) is 23.5 Å². The van der Waals surface area contributed by atoms with Gasteiger partial charge in [-0.15, -0.1) is 0 Å². The molecule has 0 unspecified atom stereocenters. The quantitative estimate of drug-likeness (QED) is 0.331. The maximum atomic E-state index is 14.1. The fraction of sp³-hybridized carbons (Fsp3) is 0.222. The molecule has 0 atom stereocenters.